The maximum absolute atomic E-state index is 13.2. The third-order valence-corrected chi connectivity index (χ3v) is 6.97. The highest BCUT2D eigenvalue weighted by Gasteiger charge is 2.56. The number of hydrogen-bond donors (Lipinski definition) is 0. The number of ether oxygens (including phenoxy) is 6. The molecule has 0 N–H and O–H groups in total. The van der Waals surface area contributed by atoms with Gasteiger partial charge in [-0.15, -0.1) is 0 Å². The molecule has 0 aromatic rings. The van der Waals surface area contributed by atoms with Gasteiger partial charge in [0.05, 0.1) is 0 Å². The Morgan fingerprint density at radius 2 is 0.810 bits per heavy atom. The van der Waals surface area contributed by atoms with Crippen LogP contribution < -0.4 is 0 Å². The van der Waals surface area contributed by atoms with Gasteiger partial charge in [-0.1, -0.05) is 79.6 Å². The van der Waals surface area contributed by atoms with Crippen LogP contribution >= 0.6 is 79.6 Å². The van der Waals surface area contributed by atoms with E-state index < -0.39 is 88.8 Å². The first kappa shape index (κ1) is 39.7. The van der Waals surface area contributed by atoms with E-state index >= 15 is 0 Å². The summed E-state index contributed by atoms with van der Waals surface area (Å²) in [4.78, 5) is 64.9. The summed E-state index contributed by atoms with van der Waals surface area (Å²) >= 11 is 16.2. The quantitative estimate of drug-likeness (QED) is 0.150. The third-order valence-electron chi connectivity index (χ3n) is 5.35. The van der Waals surface area contributed by atoms with Crippen LogP contribution in [-0.4, -0.2) is 88.8 Å². The monoisotopic (exact) mass is 920 g/mol. The van der Waals surface area contributed by atoms with Crippen LogP contribution in [0.25, 0.3) is 0 Å². The Morgan fingerprint density at radius 3 is 1.17 bits per heavy atom. The summed E-state index contributed by atoms with van der Waals surface area (Å²) in [5, 5.41) is 0. The summed E-state index contributed by atoms with van der Waals surface area (Å²) in [6, 6.07) is 0. The lowest BCUT2D eigenvalue weighted by molar-refractivity contribution is -0.302. The fourth-order valence-electron chi connectivity index (χ4n) is 2.88. The Labute approximate surface area is 288 Å². The normalized spacial score (nSPS) is 23.8. The lowest BCUT2D eigenvalue weighted by Crippen LogP contribution is -2.65. The standard InChI is InChI=1S/C26H37Br5O11/c1-22(2,27)17(32)37-11-12-13(39-18(33)23(3,4)28)14(40-19(34)24(5,6)29)15(41-20(35)25(7,8)30)16(38-12)42-21(36)26(9,10)31/h12-16H,11H2,1-10H3/t12-,13-,14+,15-,16-/m1/s1. The minimum absolute atomic E-state index is 0.517. The predicted molar refractivity (Wildman–Crippen MR) is 170 cm³/mol. The van der Waals surface area contributed by atoms with Gasteiger partial charge in [-0.05, 0) is 69.2 Å². The second-order valence-electron chi connectivity index (χ2n) is 12.0. The van der Waals surface area contributed by atoms with Crippen molar-refractivity contribution in [2.75, 3.05) is 6.61 Å². The maximum atomic E-state index is 13.2. The molecule has 16 heteroatoms. The molecular formula is C26H37Br5O11. The molecule has 11 nitrogen and oxygen atoms in total. The van der Waals surface area contributed by atoms with Gasteiger partial charge in [0.25, 0.3) is 0 Å². The van der Waals surface area contributed by atoms with Crippen LogP contribution in [0, 0.1) is 0 Å². The molecule has 42 heavy (non-hydrogen) atoms. The van der Waals surface area contributed by atoms with E-state index in [0.29, 0.717) is 0 Å². The van der Waals surface area contributed by atoms with Gasteiger partial charge in [-0.25, -0.2) is 0 Å². The smallest absolute Gasteiger partial charge is 0.324 e. The minimum atomic E-state index is -1.68. The minimum Gasteiger partial charge on any atom is -0.462 e. The van der Waals surface area contributed by atoms with E-state index in [-0.39, 0.29) is 0 Å². The molecule has 0 spiro atoms. The van der Waals surface area contributed by atoms with Gasteiger partial charge < -0.3 is 28.4 Å². The van der Waals surface area contributed by atoms with E-state index in [1.807, 2.05) is 0 Å². The van der Waals surface area contributed by atoms with Crippen LogP contribution in [0.2, 0.25) is 0 Å². The summed E-state index contributed by atoms with van der Waals surface area (Å²) in [7, 11) is 0. The fourth-order valence-corrected chi connectivity index (χ4v) is 3.36. The molecule has 1 fully saturated rings. The second-order valence-corrected chi connectivity index (χ2v) is 21.9. The number of hydrogen-bond acceptors (Lipinski definition) is 11. The Bertz CT molecular complexity index is 1030. The first-order valence-corrected chi connectivity index (χ1v) is 16.6. The molecule has 0 aliphatic carbocycles. The van der Waals surface area contributed by atoms with Gasteiger partial charge in [-0.3, -0.25) is 24.0 Å². The van der Waals surface area contributed by atoms with Gasteiger partial charge in [0.1, 0.15) is 34.3 Å². The van der Waals surface area contributed by atoms with Crippen molar-refractivity contribution in [1.29, 1.82) is 0 Å². The summed E-state index contributed by atoms with van der Waals surface area (Å²) in [6.07, 6.45) is -7.73. The molecule has 0 aromatic heterocycles. The SMILES string of the molecule is CC(C)(Br)C(=O)OC[C@H]1O[C@H](OC(=O)C(C)(C)Br)[C@H](OC(=O)C(C)(C)Br)[C@@H](OC(=O)C(C)(C)Br)[C@@H]1OC(=O)C(C)(C)Br. The Hall–Kier alpha value is -0.290. The van der Waals surface area contributed by atoms with Crippen molar-refractivity contribution in [2.45, 2.75) is 122 Å². The number of carbonyl (C=O) groups excluding carboxylic acids is 5. The molecule has 5 atom stereocenters. The maximum Gasteiger partial charge on any atom is 0.324 e. The van der Waals surface area contributed by atoms with Crippen molar-refractivity contribution in [3.63, 3.8) is 0 Å². The number of rotatable bonds is 11. The molecule has 0 saturated carbocycles. The average molecular weight is 925 g/mol. The van der Waals surface area contributed by atoms with E-state index in [1.54, 1.807) is 13.8 Å². The van der Waals surface area contributed by atoms with Crippen molar-refractivity contribution >= 4 is 109 Å². The van der Waals surface area contributed by atoms with Gasteiger partial charge in [-0.2, -0.15) is 0 Å². The molecule has 0 unspecified atom stereocenters. The zero-order valence-corrected chi connectivity index (χ0v) is 32.9. The van der Waals surface area contributed by atoms with Crippen molar-refractivity contribution in [3.05, 3.63) is 0 Å². The van der Waals surface area contributed by atoms with Crippen molar-refractivity contribution in [1.82, 2.24) is 0 Å². The highest BCUT2D eigenvalue weighted by Crippen LogP contribution is 2.35. The summed E-state index contributed by atoms with van der Waals surface area (Å²) < 4.78 is 28.4. The first-order chi connectivity index (χ1) is 18.6. The Morgan fingerprint density at radius 1 is 0.500 bits per heavy atom. The van der Waals surface area contributed by atoms with Crippen LogP contribution in [0.4, 0.5) is 0 Å². The second kappa shape index (κ2) is 14.4. The number of carbonyl (C=O) groups is 5. The number of alkyl halides is 5. The Kier molecular flexibility index (Phi) is 13.6. The van der Waals surface area contributed by atoms with E-state index in [4.69, 9.17) is 28.4 Å². The van der Waals surface area contributed by atoms with Crippen LogP contribution in [0.5, 0.6) is 0 Å². The molecule has 1 aliphatic heterocycles. The zero-order chi connectivity index (χ0) is 33.2. The van der Waals surface area contributed by atoms with Crippen LogP contribution in [0.3, 0.4) is 0 Å². The lowest BCUT2D eigenvalue weighted by Gasteiger charge is -2.45. The molecule has 1 aliphatic rings. The highest BCUT2D eigenvalue weighted by molar-refractivity contribution is 9.11. The molecule has 1 saturated heterocycles. The van der Waals surface area contributed by atoms with Crippen LogP contribution in [0.1, 0.15) is 69.2 Å². The van der Waals surface area contributed by atoms with Gasteiger partial charge in [0.15, 0.2) is 12.2 Å². The molecule has 1 heterocycles. The van der Waals surface area contributed by atoms with E-state index in [0.717, 1.165) is 0 Å². The van der Waals surface area contributed by atoms with Gasteiger partial charge in [0.2, 0.25) is 12.4 Å². The highest BCUT2D eigenvalue weighted by atomic mass is 79.9. The van der Waals surface area contributed by atoms with Crippen molar-refractivity contribution in [2.24, 2.45) is 0 Å². The Balaban J connectivity index is 3.82. The molecule has 1 rings (SSSR count). The molecule has 0 radical (unpaired) electrons. The van der Waals surface area contributed by atoms with E-state index in [9.17, 15) is 24.0 Å². The molecule has 0 aromatic carbocycles. The van der Waals surface area contributed by atoms with E-state index in [1.165, 1.54) is 55.4 Å². The zero-order valence-electron chi connectivity index (χ0n) is 25.0. The van der Waals surface area contributed by atoms with Crippen molar-refractivity contribution in [3.8, 4) is 0 Å². The van der Waals surface area contributed by atoms with E-state index in [2.05, 4.69) is 79.6 Å². The fraction of sp³-hybridized carbons (Fsp3) is 0.808. The summed E-state index contributed by atoms with van der Waals surface area (Å²) in [5.41, 5.74) is 0. The number of esters is 5. The van der Waals surface area contributed by atoms with Crippen molar-refractivity contribution < 1.29 is 52.4 Å². The number of halogens is 5. The largest absolute Gasteiger partial charge is 0.462 e. The van der Waals surface area contributed by atoms with Crippen LogP contribution in [-0.2, 0) is 52.4 Å². The first-order valence-electron chi connectivity index (χ1n) is 12.7. The third kappa shape index (κ3) is 11.9. The lowest BCUT2D eigenvalue weighted by atomic mass is 9.97. The predicted octanol–water partition coefficient (Wildman–Crippen LogP) is 5.40. The van der Waals surface area contributed by atoms with Gasteiger partial charge in [0, 0.05) is 0 Å². The summed E-state index contributed by atoms with van der Waals surface area (Å²) in [6.45, 7) is 14.8. The molecular weight excluding hydrogens is 888 g/mol. The molecule has 0 bridgehead atoms. The summed E-state index contributed by atoms with van der Waals surface area (Å²) in [5.74, 6) is -3.94. The molecule has 242 valence electrons. The van der Waals surface area contributed by atoms with Gasteiger partial charge >= 0.3 is 29.8 Å². The van der Waals surface area contributed by atoms with Crippen LogP contribution in [0.15, 0.2) is 0 Å². The topological polar surface area (TPSA) is 141 Å². The average Bonchev–Trinajstić information content (AvgIpc) is 2.77. The molecule has 0 amide bonds.